The normalized spacial score (nSPS) is 10.3. The van der Waals surface area contributed by atoms with E-state index in [1.165, 1.54) is 0 Å². The average Bonchev–Trinajstić information content (AvgIpc) is 2.37. The van der Waals surface area contributed by atoms with Gasteiger partial charge in [-0.2, -0.15) is 5.26 Å². The van der Waals surface area contributed by atoms with Crippen molar-refractivity contribution >= 4 is 21.9 Å². The van der Waals surface area contributed by atoms with Crippen LogP contribution in [0.15, 0.2) is 6.07 Å². The van der Waals surface area contributed by atoms with Gasteiger partial charge in [0, 0.05) is 16.5 Å². The lowest BCUT2D eigenvalue weighted by Gasteiger charge is -2.10. The van der Waals surface area contributed by atoms with E-state index in [1.54, 1.807) is 13.0 Å². The summed E-state index contributed by atoms with van der Waals surface area (Å²) in [5.41, 5.74) is -0.142. The Balaban J connectivity index is 3.18. The van der Waals surface area contributed by atoms with Gasteiger partial charge in [0.15, 0.2) is 0 Å². The van der Waals surface area contributed by atoms with Crippen LogP contribution < -0.4 is 0 Å². The summed E-state index contributed by atoms with van der Waals surface area (Å²) < 4.78 is 30.6. The summed E-state index contributed by atoms with van der Waals surface area (Å²) >= 11 is 3.05. The van der Waals surface area contributed by atoms with Gasteiger partial charge in [0.1, 0.15) is 11.8 Å². The highest BCUT2D eigenvalue weighted by Crippen LogP contribution is 2.27. The summed E-state index contributed by atoms with van der Waals surface area (Å²) in [5, 5.41) is 9.02. The van der Waals surface area contributed by atoms with E-state index in [1.807, 2.05) is 0 Å². The summed E-state index contributed by atoms with van der Waals surface area (Å²) in [6.45, 7) is 1.84. The molecular weight excluding hydrogens is 322 g/mol. The van der Waals surface area contributed by atoms with Crippen LogP contribution >= 0.6 is 15.9 Å². The van der Waals surface area contributed by atoms with Gasteiger partial charge in [0.25, 0.3) is 6.43 Å². The van der Waals surface area contributed by atoms with E-state index in [2.05, 4.69) is 20.9 Å². The number of esters is 1. The summed E-state index contributed by atoms with van der Waals surface area (Å²) in [6.07, 6.45) is -2.96. The van der Waals surface area contributed by atoms with Gasteiger partial charge in [-0.05, 0) is 13.0 Å². The molecule has 0 aliphatic rings. The molecule has 0 spiro atoms. The standard InChI is InChI=1S/C12H11BrF2N2O2/c1-2-19-11(18)4-7-3-8(12(14)15)9(5-13)10(6-16)17-7/h3,12H,2,4-5H2,1H3. The van der Waals surface area contributed by atoms with Crippen LogP contribution in [0.1, 0.15) is 35.9 Å². The third-order valence-electron chi connectivity index (χ3n) is 2.32. The molecule has 1 aromatic heterocycles. The van der Waals surface area contributed by atoms with E-state index in [-0.39, 0.29) is 40.9 Å². The van der Waals surface area contributed by atoms with Crippen LogP contribution in [0.25, 0.3) is 0 Å². The Morgan fingerprint density at radius 2 is 2.32 bits per heavy atom. The van der Waals surface area contributed by atoms with E-state index in [0.717, 1.165) is 6.07 Å². The van der Waals surface area contributed by atoms with Crippen molar-refractivity contribution in [1.29, 1.82) is 5.26 Å². The highest BCUT2D eigenvalue weighted by molar-refractivity contribution is 9.08. The van der Waals surface area contributed by atoms with E-state index in [9.17, 15) is 13.6 Å². The highest BCUT2D eigenvalue weighted by Gasteiger charge is 2.19. The first-order chi connectivity index (χ1) is 9.03. The van der Waals surface area contributed by atoms with E-state index in [4.69, 9.17) is 10.00 Å². The van der Waals surface area contributed by atoms with Gasteiger partial charge < -0.3 is 4.74 Å². The largest absolute Gasteiger partial charge is 0.466 e. The number of carbonyl (C=O) groups is 1. The van der Waals surface area contributed by atoms with Crippen molar-refractivity contribution < 1.29 is 18.3 Å². The van der Waals surface area contributed by atoms with Crippen molar-refractivity contribution in [2.45, 2.75) is 25.1 Å². The molecule has 0 aliphatic carbocycles. The zero-order valence-electron chi connectivity index (χ0n) is 10.1. The molecule has 102 valence electrons. The Morgan fingerprint density at radius 1 is 1.63 bits per heavy atom. The number of nitrogens with zero attached hydrogens (tertiary/aromatic N) is 2. The summed E-state index contributed by atoms with van der Waals surface area (Å²) in [7, 11) is 0. The molecule has 0 saturated carbocycles. The van der Waals surface area contributed by atoms with Crippen LogP contribution in [0.4, 0.5) is 8.78 Å². The van der Waals surface area contributed by atoms with Crippen LogP contribution in [-0.2, 0) is 21.3 Å². The molecule has 0 saturated heterocycles. The molecular formula is C12H11BrF2N2O2. The lowest BCUT2D eigenvalue weighted by Crippen LogP contribution is -2.11. The monoisotopic (exact) mass is 332 g/mol. The predicted octanol–water partition coefficient (Wildman–Crippen LogP) is 2.89. The number of alkyl halides is 3. The number of ether oxygens (including phenoxy) is 1. The molecule has 0 unspecified atom stereocenters. The maximum Gasteiger partial charge on any atom is 0.311 e. The molecule has 0 N–H and O–H groups in total. The van der Waals surface area contributed by atoms with Crippen LogP contribution in [0.2, 0.25) is 0 Å². The topological polar surface area (TPSA) is 63.0 Å². The molecule has 0 bridgehead atoms. The first-order valence-corrected chi connectivity index (χ1v) is 6.58. The van der Waals surface area contributed by atoms with Crippen LogP contribution in [-0.4, -0.2) is 17.6 Å². The Labute approximate surface area is 117 Å². The maximum atomic E-state index is 12.9. The molecule has 19 heavy (non-hydrogen) atoms. The lowest BCUT2D eigenvalue weighted by atomic mass is 10.1. The molecule has 1 aromatic rings. The van der Waals surface area contributed by atoms with E-state index in [0.29, 0.717) is 0 Å². The predicted molar refractivity (Wildman–Crippen MR) is 66.9 cm³/mol. The molecule has 0 radical (unpaired) electrons. The number of rotatable bonds is 5. The Hall–Kier alpha value is -1.55. The minimum atomic E-state index is -2.73. The second-order valence-corrected chi connectivity index (χ2v) is 4.12. The van der Waals surface area contributed by atoms with Gasteiger partial charge in [-0.25, -0.2) is 13.8 Å². The average molecular weight is 333 g/mol. The zero-order valence-corrected chi connectivity index (χ0v) is 11.7. The number of pyridine rings is 1. The zero-order chi connectivity index (χ0) is 14.4. The summed E-state index contributed by atoms with van der Waals surface area (Å²) in [4.78, 5) is 15.2. The second kappa shape index (κ2) is 7.14. The molecule has 7 heteroatoms. The van der Waals surface area contributed by atoms with Gasteiger partial charge in [0.2, 0.25) is 0 Å². The first kappa shape index (κ1) is 15.5. The number of nitriles is 1. The maximum absolute atomic E-state index is 12.9. The van der Waals surface area contributed by atoms with Crippen LogP contribution in [0.3, 0.4) is 0 Å². The molecule has 4 nitrogen and oxygen atoms in total. The molecule has 0 fully saturated rings. The fraction of sp³-hybridized carbons (Fsp3) is 0.417. The Bertz CT molecular complexity index is 515. The smallest absolute Gasteiger partial charge is 0.311 e. The summed E-state index contributed by atoms with van der Waals surface area (Å²) in [6, 6.07) is 2.90. The van der Waals surface area contributed by atoms with Gasteiger partial charge in [-0.15, -0.1) is 0 Å². The van der Waals surface area contributed by atoms with Gasteiger partial charge >= 0.3 is 5.97 Å². The quantitative estimate of drug-likeness (QED) is 0.614. The van der Waals surface area contributed by atoms with Gasteiger partial charge in [0.05, 0.1) is 18.7 Å². The molecule has 0 aliphatic heterocycles. The molecule has 0 aromatic carbocycles. The SMILES string of the molecule is CCOC(=O)Cc1cc(C(F)F)c(CBr)c(C#N)n1. The minimum absolute atomic E-state index is 0.0995. The molecule has 1 rings (SSSR count). The fourth-order valence-electron chi connectivity index (χ4n) is 1.52. The van der Waals surface area contributed by atoms with Crippen LogP contribution in [0.5, 0.6) is 0 Å². The van der Waals surface area contributed by atoms with Crippen molar-refractivity contribution in [2.24, 2.45) is 0 Å². The number of aromatic nitrogens is 1. The third kappa shape index (κ3) is 3.96. The van der Waals surface area contributed by atoms with Gasteiger partial charge in [-0.1, -0.05) is 15.9 Å². The molecule has 1 heterocycles. The third-order valence-corrected chi connectivity index (χ3v) is 2.88. The van der Waals surface area contributed by atoms with Crippen molar-refractivity contribution in [3.8, 4) is 6.07 Å². The van der Waals surface area contributed by atoms with Crippen molar-refractivity contribution in [2.75, 3.05) is 6.61 Å². The highest BCUT2D eigenvalue weighted by atomic mass is 79.9. The first-order valence-electron chi connectivity index (χ1n) is 5.46. The van der Waals surface area contributed by atoms with Crippen molar-refractivity contribution in [3.05, 3.63) is 28.6 Å². The fourth-order valence-corrected chi connectivity index (χ4v) is 2.11. The Kier molecular flexibility index (Phi) is 5.83. The molecule has 0 atom stereocenters. The van der Waals surface area contributed by atoms with Gasteiger partial charge in [-0.3, -0.25) is 4.79 Å². The van der Waals surface area contributed by atoms with E-state index >= 15 is 0 Å². The second-order valence-electron chi connectivity index (χ2n) is 3.56. The number of halogens is 3. The number of carbonyl (C=O) groups excluding carboxylic acids is 1. The minimum Gasteiger partial charge on any atom is -0.466 e. The van der Waals surface area contributed by atoms with E-state index < -0.39 is 12.4 Å². The van der Waals surface area contributed by atoms with Crippen LogP contribution in [0, 0.1) is 11.3 Å². The number of hydrogen-bond donors (Lipinski definition) is 0. The summed E-state index contributed by atoms with van der Waals surface area (Å²) in [5.74, 6) is -0.564. The van der Waals surface area contributed by atoms with Crippen molar-refractivity contribution in [3.63, 3.8) is 0 Å². The number of hydrogen-bond acceptors (Lipinski definition) is 4. The molecule has 0 amide bonds. The lowest BCUT2D eigenvalue weighted by molar-refractivity contribution is -0.142. The Morgan fingerprint density at radius 3 is 2.79 bits per heavy atom. The van der Waals surface area contributed by atoms with Crippen molar-refractivity contribution in [1.82, 2.24) is 4.98 Å².